The summed E-state index contributed by atoms with van der Waals surface area (Å²) in [5.41, 5.74) is -0.269. The Morgan fingerprint density at radius 3 is 2.65 bits per heavy atom. The quantitative estimate of drug-likeness (QED) is 0.727. The van der Waals surface area contributed by atoms with Crippen LogP contribution >= 0.6 is 0 Å². The van der Waals surface area contributed by atoms with Gasteiger partial charge in [0.05, 0.1) is 11.8 Å². The molecule has 1 saturated heterocycles. The van der Waals surface area contributed by atoms with Crippen molar-refractivity contribution in [2.75, 3.05) is 0 Å². The maximum absolute atomic E-state index is 12.3. The summed E-state index contributed by atoms with van der Waals surface area (Å²) >= 11 is 0. The van der Waals surface area contributed by atoms with Crippen LogP contribution in [0.2, 0.25) is 0 Å². The molecule has 1 N–H and O–H groups in total. The molecule has 0 spiro atoms. The van der Waals surface area contributed by atoms with E-state index in [1.807, 2.05) is 0 Å². The Hall–Kier alpha value is -1.95. The molecule has 5 atom stereocenters. The van der Waals surface area contributed by atoms with Crippen LogP contribution in [0.3, 0.4) is 0 Å². The maximum atomic E-state index is 12.3. The number of carbonyl (C=O) groups excluding carboxylic acids is 3. The summed E-state index contributed by atoms with van der Waals surface area (Å²) in [5.74, 6) is -2.21. The second-order valence-corrected chi connectivity index (χ2v) is 6.69. The van der Waals surface area contributed by atoms with Crippen molar-refractivity contribution in [1.29, 1.82) is 0 Å². The molecule has 6 heteroatoms. The topological polar surface area (TPSA) is 89.9 Å². The van der Waals surface area contributed by atoms with Crippen molar-refractivity contribution in [3.05, 3.63) is 22.8 Å². The van der Waals surface area contributed by atoms with E-state index in [-0.39, 0.29) is 11.4 Å². The summed E-state index contributed by atoms with van der Waals surface area (Å²) < 4.78 is 10.9. The summed E-state index contributed by atoms with van der Waals surface area (Å²) in [6.07, 6.45) is 0.150. The lowest BCUT2D eigenvalue weighted by molar-refractivity contribution is -0.154. The van der Waals surface area contributed by atoms with Crippen LogP contribution in [-0.2, 0) is 23.9 Å². The lowest BCUT2D eigenvalue weighted by Crippen LogP contribution is -2.49. The average Bonchev–Trinajstić information content (AvgIpc) is 2.81. The average molecular weight is 320 g/mol. The molecule has 1 heterocycles. The highest BCUT2D eigenvalue weighted by molar-refractivity contribution is 6.11. The van der Waals surface area contributed by atoms with Crippen molar-refractivity contribution < 1.29 is 29.0 Å². The molecule has 0 saturated carbocycles. The van der Waals surface area contributed by atoms with Gasteiger partial charge in [0.15, 0.2) is 11.4 Å². The molecule has 0 bridgehead atoms. The number of carbonyl (C=O) groups is 3. The number of allylic oxidation sites excluding steroid dienone is 1. The van der Waals surface area contributed by atoms with E-state index in [0.29, 0.717) is 17.6 Å². The highest BCUT2D eigenvalue weighted by Crippen LogP contribution is 2.50. The van der Waals surface area contributed by atoms with E-state index in [1.165, 1.54) is 13.0 Å². The van der Waals surface area contributed by atoms with Gasteiger partial charge >= 0.3 is 11.9 Å². The van der Waals surface area contributed by atoms with Gasteiger partial charge in [0, 0.05) is 18.9 Å². The number of ether oxygens (including phenoxy) is 2. The predicted molar refractivity (Wildman–Crippen MR) is 79.1 cm³/mol. The minimum atomic E-state index is -1.64. The SMILES string of the molecule is CC(=O)OC1CC(C)=C2C(=O)C=C(C)C2(O)C2OC(=O)C(C)C12. The summed E-state index contributed by atoms with van der Waals surface area (Å²) in [5, 5.41) is 11.3. The molecule has 6 nitrogen and oxygen atoms in total. The van der Waals surface area contributed by atoms with Crippen LogP contribution in [0.15, 0.2) is 22.8 Å². The summed E-state index contributed by atoms with van der Waals surface area (Å²) in [7, 11) is 0. The molecule has 23 heavy (non-hydrogen) atoms. The Bertz CT molecular complexity index is 673. The Morgan fingerprint density at radius 2 is 2.04 bits per heavy atom. The lowest BCUT2D eigenvalue weighted by atomic mass is 9.76. The minimum absolute atomic E-state index is 0.251. The van der Waals surface area contributed by atoms with E-state index in [0.717, 1.165) is 0 Å². The van der Waals surface area contributed by atoms with Gasteiger partial charge < -0.3 is 14.6 Å². The molecular weight excluding hydrogens is 300 g/mol. The molecule has 0 radical (unpaired) electrons. The van der Waals surface area contributed by atoms with Crippen molar-refractivity contribution in [1.82, 2.24) is 0 Å². The molecule has 2 aliphatic carbocycles. The first-order chi connectivity index (χ1) is 10.7. The standard InChI is InChI=1S/C17H20O6/c1-7-5-12(22-10(4)18)13-9(3)16(20)23-15(13)17(21)8(2)6-11(19)14(7)17/h6,9,12-13,15,21H,5H2,1-4H3. The molecule has 0 aromatic rings. The first kappa shape index (κ1) is 15.9. The number of esters is 2. The first-order valence-electron chi connectivity index (χ1n) is 7.71. The maximum Gasteiger partial charge on any atom is 0.309 e. The van der Waals surface area contributed by atoms with Crippen molar-refractivity contribution in [2.24, 2.45) is 11.8 Å². The van der Waals surface area contributed by atoms with Crippen LogP contribution in [0.5, 0.6) is 0 Å². The Labute approximate surface area is 134 Å². The van der Waals surface area contributed by atoms with E-state index in [1.54, 1.807) is 20.8 Å². The van der Waals surface area contributed by atoms with Crippen LogP contribution in [-0.4, -0.2) is 40.6 Å². The smallest absolute Gasteiger partial charge is 0.309 e. The molecule has 5 unspecified atom stereocenters. The third-order valence-electron chi connectivity index (χ3n) is 5.21. The van der Waals surface area contributed by atoms with Crippen molar-refractivity contribution in [3.63, 3.8) is 0 Å². The van der Waals surface area contributed by atoms with Gasteiger partial charge in [-0.15, -0.1) is 0 Å². The Kier molecular flexibility index (Phi) is 3.48. The van der Waals surface area contributed by atoms with E-state index < -0.39 is 41.6 Å². The highest BCUT2D eigenvalue weighted by Gasteiger charge is 2.62. The lowest BCUT2D eigenvalue weighted by Gasteiger charge is -2.35. The molecule has 1 aliphatic heterocycles. The Balaban J connectivity index is 2.17. The second kappa shape index (κ2) is 5.03. The van der Waals surface area contributed by atoms with E-state index >= 15 is 0 Å². The first-order valence-corrected chi connectivity index (χ1v) is 7.71. The second-order valence-electron chi connectivity index (χ2n) is 6.69. The van der Waals surface area contributed by atoms with Crippen LogP contribution in [0, 0.1) is 11.8 Å². The van der Waals surface area contributed by atoms with Gasteiger partial charge in [0.2, 0.25) is 0 Å². The van der Waals surface area contributed by atoms with E-state index in [2.05, 4.69) is 0 Å². The minimum Gasteiger partial charge on any atom is -0.462 e. The number of ketones is 1. The molecule has 3 rings (SSSR count). The van der Waals surface area contributed by atoms with Gasteiger partial charge in [0.25, 0.3) is 0 Å². The monoisotopic (exact) mass is 320 g/mol. The normalized spacial score (nSPS) is 39.4. The third kappa shape index (κ3) is 2.08. The van der Waals surface area contributed by atoms with Crippen molar-refractivity contribution in [3.8, 4) is 0 Å². The zero-order valence-electron chi connectivity index (χ0n) is 13.6. The third-order valence-corrected chi connectivity index (χ3v) is 5.21. The number of aliphatic hydroxyl groups is 1. The summed E-state index contributed by atoms with van der Waals surface area (Å²) in [6.45, 7) is 6.40. The number of hydrogen-bond acceptors (Lipinski definition) is 6. The summed E-state index contributed by atoms with van der Waals surface area (Å²) in [4.78, 5) is 35.9. The van der Waals surface area contributed by atoms with Gasteiger partial charge in [-0.3, -0.25) is 14.4 Å². The zero-order chi connectivity index (χ0) is 17.1. The fourth-order valence-electron chi connectivity index (χ4n) is 4.15. The zero-order valence-corrected chi connectivity index (χ0v) is 13.6. The number of hydrogen-bond donors (Lipinski definition) is 1. The molecule has 124 valence electrons. The van der Waals surface area contributed by atoms with Crippen molar-refractivity contribution >= 4 is 17.7 Å². The van der Waals surface area contributed by atoms with Gasteiger partial charge in [-0.1, -0.05) is 12.5 Å². The van der Waals surface area contributed by atoms with Crippen LogP contribution in [0.25, 0.3) is 0 Å². The van der Waals surface area contributed by atoms with Crippen LogP contribution < -0.4 is 0 Å². The van der Waals surface area contributed by atoms with E-state index in [9.17, 15) is 19.5 Å². The molecule has 0 amide bonds. The van der Waals surface area contributed by atoms with Crippen molar-refractivity contribution in [2.45, 2.75) is 51.9 Å². The molecular formula is C17H20O6. The fourth-order valence-corrected chi connectivity index (χ4v) is 4.15. The van der Waals surface area contributed by atoms with E-state index in [4.69, 9.17) is 9.47 Å². The van der Waals surface area contributed by atoms with Gasteiger partial charge in [-0.2, -0.15) is 0 Å². The largest absolute Gasteiger partial charge is 0.462 e. The van der Waals surface area contributed by atoms with Crippen LogP contribution in [0.4, 0.5) is 0 Å². The molecule has 1 fully saturated rings. The van der Waals surface area contributed by atoms with Gasteiger partial charge in [-0.05, 0) is 25.5 Å². The highest BCUT2D eigenvalue weighted by atomic mass is 16.6. The molecule has 0 aromatic carbocycles. The van der Waals surface area contributed by atoms with Gasteiger partial charge in [-0.25, -0.2) is 0 Å². The number of fused-ring (bicyclic) bond motifs is 3. The molecule has 3 aliphatic rings. The van der Waals surface area contributed by atoms with Crippen LogP contribution in [0.1, 0.15) is 34.1 Å². The predicted octanol–water partition coefficient (Wildman–Crippen LogP) is 1.08. The number of rotatable bonds is 1. The summed E-state index contributed by atoms with van der Waals surface area (Å²) in [6, 6.07) is 0. The molecule has 0 aromatic heterocycles. The fraction of sp³-hybridized carbons (Fsp3) is 0.588. The van der Waals surface area contributed by atoms with Gasteiger partial charge in [0.1, 0.15) is 12.2 Å². The Morgan fingerprint density at radius 1 is 1.39 bits per heavy atom.